The smallest absolute Gasteiger partial charge is 0.244 e. The lowest BCUT2D eigenvalue weighted by Crippen LogP contribution is -2.44. The van der Waals surface area contributed by atoms with Gasteiger partial charge in [-0.15, -0.1) is 0 Å². The molecule has 1 unspecified atom stereocenters. The Morgan fingerprint density at radius 3 is 2.39 bits per heavy atom. The van der Waals surface area contributed by atoms with Crippen LogP contribution in [-0.4, -0.2) is 55.8 Å². The van der Waals surface area contributed by atoms with E-state index in [9.17, 15) is 13.2 Å². The van der Waals surface area contributed by atoms with E-state index in [-0.39, 0.29) is 27.8 Å². The van der Waals surface area contributed by atoms with Crippen molar-refractivity contribution >= 4 is 44.8 Å². The van der Waals surface area contributed by atoms with Crippen molar-refractivity contribution < 1.29 is 13.2 Å². The van der Waals surface area contributed by atoms with E-state index in [4.69, 9.17) is 23.2 Å². The number of hydrogen-bond donors (Lipinski definition) is 1. The molecule has 0 saturated carbocycles. The van der Waals surface area contributed by atoms with Crippen molar-refractivity contribution in [1.29, 1.82) is 0 Å². The van der Waals surface area contributed by atoms with Crippen molar-refractivity contribution in [3.8, 4) is 0 Å². The molecule has 0 radical (unpaired) electrons. The van der Waals surface area contributed by atoms with Crippen LogP contribution in [0.5, 0.6) is 0 Å². The van der Waals surface area contributed by atoms with Gasteiger partial charge in [-0.05, 0) is 49.6 Å². The number of halogens is 2. The summed E-state index contributed by atoms with van der Waals surface area (Å²) in [6, 6.07) is 14.6. The number of carbonyl (C=O) groups is 1. The molecule has 2 aliphatic heterocycles. The molecule has 2 heterocycles. The molecule has 2 aromatic carbocycles. The molecular formula is C22H25Cl2N3O3S. The number of hydrogen-bond acceptors (Lipinski definition) is 4. The number of rotatable bonds is 5. The summed E-state index contributed by atoms with van der Waals surface area (Å²) in [6.07, 6.45) is 1.91. The first kappa shape index (κ1) is 22.4. The van der Waals surface area contributed by atoms with Crippen LogP contribution < -0.4 is 5.32 Å². The number of nitrogens with zero attached hydrogens (tertiary/aromatic N) is 2. The third-order valence-electron chi connectivity index (χ3n) is 5.96. The molecule has 2 fully saturated rings. The minimum atomic E-state index is -3.74. The summed E-state index contributed by atoms with van der Waals surface area (Å²) in [5.74, 6) is -0.0352. The predicted octanol–water partition coefficient (Wildman–Crippen LogP) is 4.11. The van der Waals surface area contributed by atoms with Gasteiger partial charge in [-0.2, -0.15) is 4.31 Å². The first-order valence-electron chi connectivity index (χ1n) is 10.4. The van der Waals surface area contributed by atoms with Crippen LogP contribution in [0.4, 0.5) is 5.69 Å². The second-order valence-electron chi connectivity index (χ2n) is 8.03. The second kappa shape index (κ2) is 9.36. The van der Waals surface area contributed by atoms with E-state index in [1.165, 1.54) is 16.4 Å². The van der Waals surface area contributed by atoms with E-state index in [1.807, 2.05) is 35.2 Å². The molecule has 0 spiro atoms. The van der Waals surface area contributed by atoms with Crippen LogP contribution in [0.3, 0.4) is 0 Å². The minimum absolute atomic E-state index is 0.0146. The fourth-order valence-electron chi connectivity index (χ4n) is 4.26. The molecule has 6 nitrogen and oxygen atoms in total. The first-order chi connectivity index (χ1) is 14.8. The average molecular weight is 482 g/mol. The fraction of sp³-hybridized carbons (Fsp3) is 0.409. The lowest BCUT2D eigenvalue weighted by molar-refractivity contribution is -0.135. The quantitative estimate of drug-likeness (QED) is 0.697. The number of benzene rings is 2. The maximum atomic E-state index is 13.0. The summed E-state index contributed by atoms with van der Waals surface area (Å²) >= 11 is 12.1. The fourth-order valence-corrected chi connectivity index (χ4v) is 6.47. The van der Waals surface area contributed by atoms with Gasteiger partial charge in [0, 0.05) is 48.8 Å². The molecule has 0 aromatic heterocycles. The number of piperidine rings is 1. The molecule has 2 saturated heterocycles. The van der Waals surface area contributed by atoms with Crippen LogP contribution in [0, 0.1) is 5.92 Å². The summed E-state index contributed by atoms with van der Waals surface area (Å²) in [5, 5.41) is 3.95. The molecule has 1 atom stereocenters. The van der Waals surface area contributed by atoms with Gasteiger partial charge in [-0.25, -0.2) is 8.42 Å². The van der Waals surface area contributed by atoms with Gasteiger partial charge in [-0.3, -0.25) is 4.79 Å². The van der Waals surface area contributed by atoms with Crippen molar-refractivity contribution in [2.75, 3.05) is 31.5 Å². The number of likely N-dealkylation sites (tertiary alicyclic amines) is 1. The molecule has 4 rings (SSSR count). The highest BCUT2D eigenvalue weighted by Crippen LogP contribution is 2.31. The van der Waals surface area contributed by atoms with E-state index in [2.05, 4.69) is 5.32 Å². The Labute approximate surface area is 193 Å². The van der Waals surface area contributed by atoms with Gasteiger partial charge in [0.1, 0.15) is 4.90 Å². The molecule has 2 aliphatic rings. The molecule has 1 amide bonds. The van der Waals surface area contributed by atoms with Crippen LogP contribution in [0.1, 0.15) is 19.3 Å². The maximum Gasteiger partial charge on any atom is 0.244 e. The molecule has 31 heavy (non-hydrogen) atoms. The van der Waals surface area contributed by atoms with Crippen molar-refractivity contribution in [3.63, 3.8) is 0 Å². The molecule has 9 heteroatoms. The van der Waals surface area contributed by atoms with Gasteiger partial charge in [0.2, 0.25) is 15.9 Å². The number of nitrogens with one attached hydrogen (secondary N) is 1. The van der Waals surface area contributed by atoms with Gasteiger partial charge >= 0.3 is 0 Å². The molecule has 1 N–H and O–H groups in total. The Hall–Kier alpha value is -1.80. The van der Waals surface area contributed by atoms with Crippen LogP contribution in [-0.2, 0) is 14.8 Å². The van der Waals surface area contributed by atoms with Gasteiger partial charge in [0.15, 0.2) is 0 Å². The third-order valence-corrected chi connectivity index (χ3v) is 8.57. The van der Waals surface area contributed by atoms with E-state index < -0.39 is 10.0 Å². The number of anilines is 1. The van der Waals surface area contributed by atoms with Crippen LogP contribution in [0.2, 0.25) is 10.0 Å². The van der Waals surface area contributed by atoms with Crippen LogP contribution >= 0.6 is 23.2 Å². The Kier molecular flexibility index (Phi) is 6.77. The zero-order chi connectivity index (χ0) is 22.0. The maximum absolute atomic E-state index is 13.0. The monoisotopic (exact) mass is 481 g/mol. The largest absolute Gasteiger partial charge is 0.380 e. The van der Waals surface area contributed by atoms with E-state index in [0.29, 0.717) is 37.5 Å². The highest BCUT2D eigenvalue weighted by molar-refractivity contribution is 7.89. The van der Waals surface area contributed by atoms with Gasteiger partial charge < -0.3 is 10.2 Å². The lowest BCUT2D eigenvalue weighted by atomic mass is 9.96. The SMILES string of the molecule is O=C(C1CCN(S(=O)(=O)c2cc(Cl)ccc2Cl)CC1)N1CCC(Nc2ccccc2)C1. The van der Waals surface area contributed by atoms with Gasteiger partial charge in [-0.1, -0.05) is 41.4 Å². The summed E-state index contributed by atoms with van der Waals surface area (Å²) in [4.78, 5) is 14.9. The third kappa shape index (κ3) is 5.00. The normalized spacial score (nSPS) is 20.7. The second-order valence-corrected chi connectivity index (χ2v) is 10.8. The number of para-hydroxylation sites is 1. The number of carbonyl (C=O) groups excluding carboxylic acids is 1. The molecule has 0 bridgehead atoms. The number of sulfonamides is 1. The summed E-state index contributed by atoms with van der Waals surface area (Å²) in [5.41, 5.74) is 1.06. The Bertz CT molecular complexity index is 1040. The molecule has 2 aromatic rings. The standard InChI is InChI=1S/C22H25Cl2N3O3S/c23-17-6-7-20(24)21(14-17)31(29,30)27-12-8-16(9-13-27)22(28)26-11-10-19(15-26)25-18-4-2-1-3-5-18/h1-7,14,16,19,25H,8-13,15H2. The Morgan fingerprint density at radius 2 is 1.68 bits per heavy atom. The summed E-state index contributed by atoms with van der Waals surface area (Å²) in [7, 11) is -3.74. The summed E-state index contributed by atoms with van der Waals surface area (Å²) < 4.78 is 27.4. The zero-order valence-electron chi connectivity index (χ0n) is 17.0. The minimum Gasteiger partial charge on any atom is -0.380 e. The van der Waals surface area contributed by atoms with Crippen molar-refractivity contribution in [2.45, 2.75) is 30.2 Å². The van der Waals surface area contributed by atoms with E-state index in [1.54, 1.807) is 6.07 Å². The van der Waals surface area contributed by atoms with E-state index in [0.717, 1.165) is 18.7 Å². The van der Waals surface area contributed by atoms with Crippen molar-refractivity contribution in [1.82, 2.24) is 9.21 Å². The Morgan fingerprint density at radius 1 is 0.968 bits per heavy atom. The first-order valence-corrected chi connectivity index (χ1v) is 12.6. The van der Waals surface area contributed by atoms with Gasteiger partial charge in [0.05, 0.1) is 5.02 Å². The topological polar surface area (TPSA) is 69.7 Å². The zero-order valence-corrected chi connectivity index (χ0v) is 19.3. The van der Waals surface area contributed by atoms with E-state index >= 15 is 0 Å². The van der Waals surface area contributed by atoms with Crippen molar-refractivity contribution in [2.24, 2.45) is 5.92 Å². The van der Waals surface area contributed by atoms with Crippen LogP contribution in [0.15, 0.2) is 53.4 Å². The van der Waals surface area contributed by atoms with Crippen molar-refractivity contribution in [3.05, 3.63) is 58.6 Å². The highest BCUT2D eigenvalue weighted by atomic mass is 35.5. The van der Waals surface area contributed by atoms with Crippen LogP contribution in [0.25, 0.3) is 0 Å². The molecular weight excluding hydrogens is 457 g/mol. The molecule has 166 valence electrons. The average Bonchev–Trinajstić information content (AvgIpc) is 3.24. The highest BCUT2D eigenvalue weighted by Gasteiger charge is 2.36. The van der Waals surface area contributed by atoms with Gasteiger partial charge in [0.25, 0.3) is 0 Å². The molecule has 0 aliphatic carbocycles. The lowest BCUT2D eigenvalue weighted by Gasteiger charge is -2.32. The summed E-state index contributed by atoms with van der Waals surface area (Å²) in [6.45, 7) is 1.98. The number of amides is 1. The Balaban J connectivity index is 1.33. The predicted molar refractivity (Wildman–Crippen MR) is 123 cm³/mol.